The number of benzene rings is 1. The van der Waals surface area contributed by atoms with Crippen molar-refractivity contribution in [3.8, 4) is 5.75 Å². The fourth-order valence-corrected chi connectivity index (χ4v) is 5.48. The molecule has 0 atom stereocenters. The van der Waals surface area contributed by atoms with E-state index in [2.05, 4.69) is 25.0 Å². The summed E-state index contributed by atoms with van der Waals surface area (Å²) < 4.78 is 67.7. The van der Waals surface area contributed by atoms with Crippen LogP contribution >= 0.6 is 11.3 Å². The van der Waals surface area contributed by atoms with Gasteiger partial charge >= 0.3 is 6.36 Å². The third kappa shape index (κ3) is 4.87. The molecule has 1 amide bonds. The molecule has 3 heterocycles. The molecule has 14 heteroatoms. The molecule has 1 aliphatic heterocycles. The summed E-state index contributed by atoms with van der Waals surface area (Å²) in [7, 11) is -3.95. The highest BCUT2D eigenvalue weighted by atomic mass is 32.2. The van der Waals surface area contributed by atoms with E-state index >= 15 is 0 Å². The first kappa shape index (κ1) is 22.1. The standard InChI is InChI=1S/C18H14F3N5O4S2/c19-18(20,21)30-11-1-3-12(4-2-11)32(28,29)26-8-5-13-15(10-26)31-17(24-13)25-16(27)14-9-22-6-7-23-14/h1-4,6-7,9H,5,8,10H2,(H,24,25,27). The molecule has 2 aromatic heterocycles. The first-order valence-electron chi connectivity index (χ1n) is 9.04. The molecule has 3 aromatic rings. The van der Waals surface area contributed by atoms with Crippen molar-refractivity contribution in [2.75, 3.05) is 11.9 Å². The normalized spacial score (nSPS) is 14.6. The number of hydrogen-bond acceptors (Lipinski definition) is 8. The number of carbonyl (C=O) groups excluding carboxylic acids is 1. The Bertz CT molecular complexity index is 1230. The lowest BCUT2D eigenvalue weighted by Crippen LogP contribution is -2.35. The van der Waals surface area contributed by atoms with Gasteiger partial charge in [-0.3, -0.25) is 15.1 Å². The van der Waals surface area contributed by atoms with Gasteiger partial charge in [0.05, 0.1) is 23.3 Å². The average Bonchev–Trinajstić information content (AvgIpc) is 3.15. The highest BCUT2D eigenvalue weighted by Crippen LogP contribution is 2.32. The second-order valence-electron chi connectivity index (χ2n) is 6.54. The van der Waals surface area contributed by atoms with E-state index in [1.807, 2.05) is 0 Å². The minimum atomic E-state index is -4.87. The van der Waals surface area contributed by atoms with Gasteiger partial charge in [0.15, 0.2) is 5.13 Å². The highest BCUT2D eigenvalue weighted by Gasteiger charge is 2.33. The number of nitrogens with one attached hydrogen (secondary N) is 1. The molecule has 168 valence electrons. The molecule has 0 aliphatic carbocycles. The van der Waals surface area contributed by atoms with Gasteiger partial charge in [-0.2, -0.15) is 4.31 Å². The Labute approximate surface area is 184 Å². The Morgan fingerprint density at radius 1 is 1.19 bits per heavy atom. The van der Waals surface area contributed by atoms with Crippen LogP contribution in [0.5, 0.6) is 5.75 Å². The topological polar surface area (TPSA) is 114 Å². The van der Waals surface area contributed by atoms with Crippen molar-refractivity contribution in [1.82, 2.24) is 19.3 Å². The smallest absolute Gasteiger partial charge is 0.406 e. The van der Waals surface area contributed by atoms with Crippen LogP contribution in [0.25, 0.3) is 0 Å². The predicted molar refractivity (Wildman–Crippen MR) is 107 cm³/mol. The number of hydrogen-bond donors (Lipinski definition) is 1. The lowest BCUT2D eigenvalue weighted by molar-refractivity contribution is -0.274. The molecule has 0 radical (unpaired) electrons. The van der Waals surface area contributed by atoms with E-state index in [0.29, 0.717) is 22.1 Å². The molecule has 9 nitrogen and oxygen atoms in total. The lowest BCUT2D eigenvalue weighted by Gasteiger charge is -2.25. The number of sulfonamides is 1. The Hall–Kier alpha value is -3.10. The number of anilines is 1. The first-order chi connectivity index (χ1) is 15.1. The minimum Gasteiger partial charge on any atom is -0.406 e. The molecule has 0 spiro atoms. The average molecular weight is 485 g/mol. The van der Waals surface area contributed by atoms with E-state index in [1.54, 1.807) is 0 Å². The minimum absolute atomic E-state index is 0.0249. The Morgan fingerprint density at radius 2 is 1.94 bits per heavy atom. The van der Waals surface area contributed by atoms with Gasteiger partial charge in [-0.25, -0.2) is 18.4 Å². The number of halogens is 3. The maximum Gasteiger partial charge on any atom is 0.573 e. The van der Waals surface area contributed by atoms with Crippen LogP contribution in [0.15, 0.2) is 47.8 Å². The zero-order chi connectivity index (χ0) is 22.9. The SMILES string of the molecule is O=C(Nc1nc2c(s1)CN(S(=O)(=O)c1ccc(OC(F)(F)F)cc1)CC2)c1cnccn1. The van der Waals surface area contributed by atoms with E-state index in [4.69, 9.17) is 0 Å². The Balaban J connectivity index is 1.47. The molecule has 1 aromatic carbocycles. The number of nitrogens with zero attached hydrogens (tertiary/aromatic N) is 4. The molecule has 0 unspecified atom stereocenters. The molecule has 0 saturated carbocycles. The zero-order valence-electron chi connectivity index (χ0n) is 16.0. The summed E-state index contributed by atoms with van der Waals surface area (Å²) in [6.45, 7) is 0.161. The molecule has 32 heavy (non-hydrogen) atoms. The number of thiazole rings is 1. The summed E-state index contributed by atoms with van der Waals surface area (Å²) in [6, 6.07) is 4.02. The van der Waals surface area contributed by atoms with Crippen molar-refractivity contribution in [2.24, 2.45) is 0 Å². The summed E-state index contributed by atoms with van der Waals surface area (Å²) in [4.78, 5) is 24.8. The molecule has 1 aliphatic rings. The number of fused-ring (bicyclic) bond motifs is 1. The van der Waals surface area contributed by atoms with Gasteiger partial charge in [0.25, 0.3) is 5.91 Å². The largest absolute Gasteiger partial charge is 0.573 e. The van der Waals surface area contributed by atoms with Gasteiger partial charge in [-0.15, -0.1) is 24.5 Å². The van der Waals surface area contributed by atoms with Crippen LogP contribution in [-0.4, -0.2) is 46.5 Å². The number of carbonyl (C=O) groups is 1. The van der Waals surface area contributed by atoms with E-state index in [1.165, 1.54) is 22.9 Å². The van der Waals surface area contributed by atoms with E-state index < -0.39 is 28.0 Å². The molecule has 0 fully saturated rings. The zero-order valence-corrected chi connectivity index (χ0v) is 17.7. The summed E-state index contributed by atoms with van der Waals surface area (Å²) in [5.41, 5.74) is 0.785. The maximum absolute atomic E-state index is 12.9. The number of amides is 1. The molecule has 1 N–H and O–H groups in total. The van der Waals surface area contributed by atoms with Gasteiger partial charge in [-0.1, -0.05) is 0 Å². The van der Waals surface area contributed by atoms with Crippen LogP contribution in [-0.2, 0) is 23.0 Å². The summed E-state index contributed by atoms with van der Waals surface area (Å²) >= 11 is 1.14. The fraction of sp³-hybridized carbons (Fsp3) is 0.222. The summed E-state index contributed by atoms with van der Waals surface area (Å²) in [5.74, 6) is -1.00. The maximum atomic E-state index is 12.9. The van der Waals surface area contributed by atoms with Crippen LogP contribution < -0.4 is 10.1 Å². The third-order valence-electron chi connectivity index (χ3n) is 4.41. The molecule has 0 bridgehead atoms. The van der Waals surface area contributed by atoms with Crippen molar-refractivity contribution >= 4 is 32.4 Å². The highest BCUT2D eigenvalue weighted by molar-refractivity contribution is 7.89. The Kier molecular flexibility index (Phi) is 5.83. The first-order valence-corrected chi connectivity index (χ1v) is 11.3. The molecular weight excluding hydrogens is 471 g/mol. The van der Waals surface area contributed by atoms with Crippen molar-refractivity contribution in [1.29, 1.82) is 0 Å². The monoisotopic (exact) mass is 485 g/mol. The van der Waals surface area contributed by atoms with Crippen molar-refractivity contribution in [3.63, 3.8) is 0 Å². The third-order valence-corrected chi connectivity index (χ3v) is 7.26. The number of rotatable bonds is 5. The van der Waals surface area contributed by atoms with Crippen LogP contribution in [0.2, 0.25) is 0 Å². The number of alkyl halides is 3. The van der Waals surface area contributed by atoms with E-state index in [0.717, 1.165) is 35.6 Å². The van der Waals surface area contributed by atoms with Crippen molar-refractivity contribution in [3.05, 3.63) is 59.1 Å². The van der Waals surface area contributed by atoms with Gasteiger partial charge in [0, 0.05) is 30.2 Å². The van der Waals surface area contributed by atoms with Crippen LogP contribution in [0.4, 0.5) is 18.3 Å². The van der Waals surface area contributed by atoms with Gasteiger partial charge < -0.3 is 4.74 Å². The van der Waals surface area contributed by atoms with Gasteiger partial charge in [0.2, 0.25) is 10.0 Å². The quantitative estimate of drug-likeness (QED) is 0.591. The van der Waals surface area contributed by atoms with Crippen LogP contribution in [0.3, 0.4) is 0 Å². The van der Waals surface area contributed by atoms with E-state index in [9.17, 15) is 26.4 Å². The van der Waals surface area contributed by atoms with E-state index in [-0.39, 0.29) is 23.7 Å². The number of ether oxygens (including phenoxy) is 1. The second kappa shape index (κ2) is 8.44. The van der Waals surface area contributed by atoms with Gasteiger partial charge in [0.1, 0.15) is 11.4 Å². The van der Waals surface area contributed by atoms with Crippen LogP contribution in [0.1, 0.15) is 21.1 Å². The molecule has 0 saturated heterocycles. The van der Waals surface area contributed by atoms with Gasteiger partial charge in [-0.05, 0) is 24.3 Å². The Morgan fingerprint density at radius 3 is 2.59 bits per heavy atom. The van der Waals surface area contributed by atoms with Crippen molar-refractivity contribution in [2.45, 2.75) is 24.2 Å². The second-order valence-corrected chi connectivity index (χ2v) is 9.56. The summed E-state index contributed by atoms with van der Waals surface area (Å²) in [6.07, 6.45) is -0.420. The predicted octanol–water partition coefficient (Wildman–Crippen LogP) is 2.83. The van der Waals surface area contributed by atoms with Crippen molar-refractivity contribution < 1.29 is 31.1 Å². The fourth-order valence-electron chi connectivity index (χ4n) is 2.97. The van der Waals surface area contributed by atoms with Crippen LogP contribution in [0, 0.1) is 0 Å². The molecular formula is C18H14F3N5O4S2. The number of aromatic nitrogens is 3. The lowest BCUT2D eigenvalue weighted by atomic mass is 10.2. The molecule has 4 rings (SSSR count). The summed E-state index contributed by atoms with van der Waals surface area (Å²) in [5, 5.41) is 2.92.